The molecule has 0 fully saturated rings. The number of hydrogen-bond acceptors (Lipinski definition) is 5. The fraction of sp³-hybridized carbons (Fsp3) is 0.625. The molecule has 0 aliphatic rings. The van der Waals surface area contributed by atoms with Crippen LogP contribution in [0, 0.1) is 0 Å². The highest BCUT2D eigenvalue weighted by Crippen LogP contribution is 2.30. The van der Waals surface area contributed by atoms with Crippen molar-refractivity contribution in [2.24, 2.45) is 0 Å². The van der Waals surface area contributed by atoms with Crippen LogP contribution in [0.5, 0.6) is 11.5 Å². The first-order chi connectivity index (χ1) is 10.0. The number of benzene rings is 1. The van der Waals surface area contributed by atoms with Gasteiger partial charge in [-0.1, -0.05) is 6.07 Å². The normalized spacial score (nSPS) is 12.8. The van der Waals surface area contributed by atoms with E-state index in [1.807, 2.05) is 19.2 Å². The Morgan fingerprint density at radius 2 is 1.71 bits per heavy atom. The number of ether oxygens (including phenoxy) is 2. The minimum atomic E-state index is 0.261. The van der Waals surface area contributed by atoms with E-state index in [2.05, 4.69) is 42.3 Å². The van der Waals surface area contributed by atoms with Crippen molar-refractivity contribution in [1.29, 1.82) is 0 Å². The number of nitrogens with zero attached hydrogens (tertiary/aromatic N) is 2. The molecule has 120 valence electrons. The van der Waals surface area contributed by atoms with Crippen LogP contribution < -0.4 is 14.8 Å². The first kappa shape index (κ1) is 17.8. The van der Waals surface area contributed by atoms with Gasteiger partial charge in [0, 0.05) is 25.7 Å². The summed E-state index contributed by atoms with van der Waals surface area (Å²) >= 11 is 0. The molecule has 1 unspecified atom stereocenters. The molecule has 5 nitrogen and oxygen atoms in total. The highest BCUT2D eigenvalue weighted by atomic mass is 16.5. The molecule has 0 saturated heterocycles. The molecule has 0 aliphatic carbocycles. The SMILES string of the molecule is CNC(CN(C)CCN(C)C)c1ccc(OC)c(OC)c1. The minimum Gasteiger partial charge on any atom is -0.493 e. The molecule has 1 aromatic rings. The summed E-state index contributed by atoms with van der Waals surface area (Å²) in [4.78, 5) is 4.53. The minimum absolute atomic E-state index is 0.261. The van der Waals surface area contributed by atoms with Crippen LogP contribution in [0.25, 0.3) is 0 Å². The lowest BCUT2D eigenvalue weighted by Crippen LogP contribution is -2.35. The Kier molecular flexibility index (Phi) is 7.50. The summed E-state index contributed by atoms with van der Waals surface area (Å²) in [5.41, 5.74) is 1.20. The van der Waals surface area contributed by atoms with Crippen LogP contribution in [-0.4, -0.2) is 71.8 Å². The number of nitrogens with one attached hydrogen (secondary N) is 1. The van der Waals surface area contributed by atoms with E-state index in [1.54, 1.807) is 14.2 Å². The monoisotopic (exact) mass is 295 g/mol. The van der Waals surface area contributed by atoms with E-state index in [1.165, 1.54) is 5.56 Å². The van der Waals surface area contributed by atoms with E-state index in [4.69, 9.17) is 9.47 Å². The molecule has 1 N–H and O–H groups in total. The molecule has 5 heteroatoms. The molecule has 0 saturated carbocycles. The van der Waals surface area contributed by atoms with Gasteiger partial charge in [0.1, 0.15) is 0 Å². The van der Waals surface area contributed by atoms with Gasteiger partial charge in [-0.25, -0.2) is 0 Å². The second kappa shape index (κ2) is 8.87. The van der Waals surface area contributed by atoms with Gasteiger partial charge in [0.15, 0.2) is 11.5 Å². The smallest absolute Gasteiger partial charge is 0.161 e. The number of likely N-dealkylation sites (N-methyl/N-ethyl adjacent to an activating group) is 3. The Morgan fingerprint density at radius 3 is 2.24 bits per heavy atom. The number of methoxy groups -OCH3 is 2. The molecule has 0 amide bonds. The third kappa shape index (κ3) is 5.53. The highest BCUT2D eigenvalue weighted by Gasteiger charge is 2.14. The van der Waals surface area contributed by atoms with Crippen molar-refractivity contribution in [3.8, 4) is 11.5 Å². The average Bonchev–Trinajstić information content (AvgIpc) is 2.49. The van der Waals surface area contributed by atoms with E-state index >= 15 is 0 Å². The zero-order chi connectivity index (χ0) is 15.8. The lowest BCUT2D eigenvalue weighted by atomic mass is 10.1. The molecule has 0 radical (unpaired) electrons. The van der Waals surface area contributed by atoms with Gasteiger partial charge in [0.2, 0.25) is 0 Å². The fourth-order valence-corrected chi connectivity index (χ4v) is 2.21. The van der Waals surface area contributed by atoms with Gasteiger partial charge < -0.3 is 24.6 Å². The van der Waals surface area contributed by atoms with Gasteiger partial charge in [-0.3, -0.25) is 0 Å². The average molecular weight is 295 g/mol. The quantitative estimate of drug-likeness (QED) is 0.746. The van der Waals surface area contributed by atoms with E-state index < -0.39 is 0 Å². The molecule has 0 spiro atoms. The van der Waals surface area contributed by atoms with Crippen molar-refractivity contribution in [3.05, 3.63) is 23.8 Å². The molecule has 0 aliphatic heterocycles. The van der Waals surface area contributed by atoms with E-state index in [9.17, 15) is 0 Å². The number of hydrogen-bond donors (Lipinski definition) is 1. The van der Waals surface area contributed by atoms with Gasteiger partial charge in [-0.2, -0.15) is 0 Å². The van der Waals surface area contributed by atoms with Gasteiger partial charge in [0.05, 0.1) is 14.2 Å². The van der Waals surface area contributed by atoms with Crippen LogP contribution in [0.1, 0.15) is 11.6 Å². The summed E-state index contributed by atoms with van der Waals surface area (Å²) in [6, 6.07) is 6.34. The maximum Gasteiger partial charge on any atom is 0.161 e. The fourth-order valence-electron chi connectivity index (χ4n) is 2.21. The standard InChI is InChI=1S/C16H29N3O2/c1-17-14(12-19(4)10-9-18(2)3)13-7-8-15(20-5)16(11-13)21-6/h7-8,11,14,17H,9-10,12H2,1-6H3. The van der Waals surface area contributed by atoms with Gasteiger partial charge >= 0.3 is 0 Å². The first-order valence-electron chi connectivity index (χ1n) is 7.24. The molecule has 1 rings (SSSR count). The summed E-state index contributed by atoms with van der Waals surface area (Å²) in [5.74, 6) is 1.53. The predicted molar refractivity (Wildman–Crippen MR) is 87.4 cm³/mol. The molecule has 21 heavy (non-hydrogen) atoms. The summed E-state index contributed by atoms with van der Waals surface area (Å²) in [6.45, 7) is 3.04. The Hall–Kier alpha value is -1.30. The van der Waals surface area contributed by atoms with Crippen LogP contribution >= 0.6 is 0 Å². The van der Waals surface area contributed by atoms with Gasteiger partial charge in [-0.05, 0) is 45.9 Å². The van der Waals surface area contributed by atoms with Crippen LogP contribution in [0.2, 0.25) is 0 Å². The van der Waals surface area contributed by atoms with Crippen molar-refractivity contribution in [3.63, 3.8) is 0 Å². The predicted octanol–water partition coefficient (Wildman–Crippen LogP) is 1.46. The molecular weight excluding hydrogens is 266 g/mol. The second-order valence-corrected chi connectivity index (χ2v) is 5.52. The zero-order valence-corrected chi connectivity index (χ0v) is 14.1. The van der Waals surface area contributed by atoms with Crippen molar-refractivity contribution >= 4 is 0 Å². The lowest BCUT2D eigenvalue weighted by Gasteiger charge is -2.25. The Morgan fingerprint density at radius 1 is 1.05 bits per heavy atom. The van der Waals surface area contributed by atoms with Gasteiger partial charge in [0.25, 0.3) is 0 Å². The Bertz CT molecular complexity index is 424. The van der Waals surface area contributed by atoms with Crippen LogP contribution in [0.3, 0.4) is 0 Å². The molecule has 1 aromatic carbocycles. The van der Waals surface area contributed by atoms with Crippen LogP contribution in [-0.2, 0) is 0 Å². The third-order valence-electron chi connectivity index (χ3n) is 3.58. The van der Waals surface area contributed by atoms with Crippen LogP contribution in [0.15, 0.2) is 18.2 Å². The summed E-state index contributed by atoms with van der Waals surface area (Å²) in [7, 11) is 11.6. The van der Waals surface area contributed by atoms with E-state index in [0.29, 0.717) is 0 Å². The van der Waals surface area contributed by atoms with Crippen molar-refractivity contribution in [1.82, 2.24) is 15.1 Å². The lowest BCUT2D eigenvalue weighted by molar-refractivity contribution is 0.260. The summed E-state index contributed by atoms with van der Waals surface area (Å²) in [5, 5.41) is 3.37. The molecule has 1 atom stereocenters. The van der Waals surface area contributed by atoms with Crippen molar-refractivity contribution in [2.75, 3.05) is 62.0 Å². The largest absolute Gasteiger partial charge is 0.493 e. The maximum atomic E-state index is 5.38. The topological polar surface area (TPSA) is 37.0 Å². The first-order valence-corrected chi connectivity index (χ1v) is 7.24. The molecule has 0 heterocycles. The third-order valence-corrected chi connectivity index (χ3v) is 3.58. The van der Waals surface area contributed by atoms with E-state index in [-0.39, 0.29) is 6.04 Å². The highest BCUT2D eigenvalue weighted by molar-refractivity contribution is 5.43. The molecule has 0 aromatic heterocycles. The van der Waals surface area contributed by atoms with Gasteiger partial charge in [-0.15, -0.1) is 0 Å². The molecular formula is C16H29N3O2. The molecule has 0 bridgehead atoms. The second-order valence-electron chi connectivity index (χ2n) is 5.52. The number of rotatable bonds is 9. The van der Waals surface area contributed by atoms with E-state index in [0.717, 1.165) is 31.1 Å². The van der Waals surface area contributed by atoms with Crippen molar-refractivity contribution in [2.45, 2.75) is 6.04 Å². The van der Waals surface area contributed by atoms with Crippen molar-refractivity contribution < 1.29 is 9.47 Å². The summed E-state index contributed by atoms with van der Waals surface area (Å²) in [6.07, 6.45) is 0. The Balaban J connectivity index is 2.75. The Labute approximate surface area is 128 Å². The maximum absolute atomic E-state index is 5.38. The zero-order valence-electron chi connectivity index (χ0n) is 14.1. The van der Waals surface area contributed by atoms with Crippen LogP contribution in [0.4, 0.5) is 0 Å². The summed E-state index contributed by atoms with van der Waals surface area (Å²) < 4.78 is 10.7.